The number of likely N-dealkylation sites (N-methyl/N-ethyl adjacent to an activating group) is 2. The highest BCUT2D eigenvalue weighted by Crippen LogP contribution is 2.32. The van der Waals surface area contributed by atoms with Crippen molar-refractivity contribution in [3.05, 3.63) is 17.7 Å². The molecule has 0 unspecified atom stereocenters. The van der Waals surface area contributed by atoms with Gasteiger partial charge in [-0.3, -0.25) is 4.79 Å². The van der Waals surface area contributed by atoms with E-state index in [1.54, 1.807) is 14.1 Å². The molecule has 1 amide bonds. The molecule has 0 saturated carbocycles. The number of carbonyl (C=O) groups is 1. The molecule has 0 fully saturated rings. The van der Waals surface area contributed by atoms with Crippen LogP contribution in [0.5, 0.6) is 0 Å². The van der Waals surface area contributed by atoms with E-state index in [0.717, 1.165) is 12.1 Å². The number of anilines is 2. The first-order valence-corrected chi connectivity index (χ1v) is 5.83. The third kappa shape index (κ3) is 4.01. The normalized spacial score (nSPS) is 11.2. The molecule has 112 valence electrons. The summed E-state index contributed by atoms with van der Waals surface area (Å²) in [6, 6.07) is 1.84. The van der Waals surface area contributed by atoms with E-state index in [9.17, 15) is 18.0 Å². The summed E-state index contributed by atoms with van der Waals surface area (Å²) in [5, 5.41) is 2.58. The standard InChI is InChI=1S/C12H17F3N4O/c1-16-9-5-8(12(13,14)15)6-10(17-9)19(4)7-11(20)18(2)3/h5-6H,7H2,1-4H3,(H,16,17). The zero-order chi connectivity index (χ0) is 15.5. The zero-order valence-corrected chi connectivity index (χ0v) is 11.7. The lowest BCUT2D eigenvalue weighted by molar-refractivity contribution is -0.137. The number of alkyl halides is 3. The van der Waals surface area contributed by atoms with E-state index in [1.165, 1.54) is 23.9 Å². The molecule has 0 aliphatic carbocycles. The van der Waals surface area contributed by atoms with Gasteiger partial charge >= 0.3 is 6.18 Å². The molecule has 1 aromatic heterocycles. The number of hydrogen-bond acceptors (Lipinski definition) is 4. The molecule has 0 spiro atoms. The summed E-state index contributed by atoms with van der Waals surface area (Å²) in [5.74, 6) is -0.0453. The molecule has 1 heterocycles. The van der Waals surface area contributed by atoms with Crippen LogP contribution in [-0.2, 0) is 11.0 Å². The number of carbonyl (C=O) groups excluding carboxylic acids is 1. The van der Waals surface area contributed by atoms with Crippen LogP contribution >= 0.6 is 0 Å². The molecule has 1 N–H and O–H groups in total. The highest BCUT2D eigenvalue weighted by atomic mass is 19.4. The number of pyridine rings is 1. The number of rotatable bonds is 4. The number of nitrogens with one attached hydrogen (secondary N) is 1. The van der Waals surface area contributed by atoms with Crippen molar-refractivity contribution < 1.29 is 18.0 Å². The van der Waals surface area contributed by atoms with E-state index in [4.69, 9.17) is 0 Å². The second-order valence-corrected chi connectivity index (χ2v) is 4.49. The molecule has 1 rings (SSSR count). The van der Waals surface area contributed by atoms with Gasteiger partial charge in [0.2, 0.25) is 5.91 Å². The maximum atomic E-state index is 12.8. The first-order chi connectivity index (χ1) is 9.15. The number of nitrogens with zero attached hydrogens (tertiary/aromatic N) is 3. The van der Waals surface area contributed by atoms with Crippen molar-refractivity contribution in [2.24, 2.45) is 0 Å². The third-order valence-electron chi connectivity index (χ3n) is 2.66. The maximum absolute atomic E-state index is 12.8. The summed E-state index contributed by atoms with van der Waals surface area (Å²) in [6.07, 6.45) is -4.46. The summed E-state index contributed by atoms with van der Waals surface area (Å²) in [7, 11) is 6.16. The van der Waals surface area contributed by atoms with E-state index in [1.807, 2.05) is 0 Å². The maximum Gasteiger partial charge on any atom is 0.416 e. The molecule has 20 heavy (non-hydrogen) atoms. The Bertz CT molecular complexity index is 488. The van der Waals surface area contributed by atoms with E-state index >= 15 is 0 Å². The third-order valence-corrected chi connectivity index (χ3v) is 2.66. The van der Waals surface area contributed by atoms with Crippen LogP contribution in [0.3, 0.4) is 0 Å². The van der Waals surface area contributed by atoms with Crippen molar-refractivity contribution in [3.8, 4) is 0 Å². The largest absolute Gasteiger partial charge is 0.416 e. The Balaban J connectivity index is 3.08. The molecular weight excluding hydrogens is 273 g/mol. The van der Waals surface area contributed by atoms with Crippen LogP contribution in [-0.4, -0.2) is 50.5 Å². The Morgan fingerprint density at radius 1 is 1.30 bits per heavy atom. The zero-order valence-electron chi connectivity index (χ0n) is 11.7. The second-order valence-electron chi connectivity index (χ2n) is 4.49. The Morgan fingerprint density at radius 2 is 1.90 bits per heavy atom. The fourth-order valence-corrected chi connectivity index (χ4v) is 1.43. The van der Waals surface area contributed by atoms with Crippen LogP contribution in [0.4, 0.5) is 24.8 Å². The van der Waals surface area contributed by atoms with Gasteiger partial charge in [0, 0.05) is 28.2 Å². The minimum absolute atomic E-state index is 0.0511. The lowest BCUT2D eigenvalue weighted by atomic mass is 10.2. The van der Waals surface area contributed by atoms with E-state index in [2.05, 4.69) is 10.3 Å². The minimum atomic E-state index is -4.46. The SMILES string of the molecule is CNc1cc(C(F)(F)F)cc(N(C)CC(=O)N(C)C)n1. The minimum Gasteiger partial charge on any atom is -0.373 e. The molecule has 5 nitrogen and oxygen atoms in total. The van der Waals surface area contributed by atoms with E-state index in [0.29, 0.717) is 0 Å². The number of aromatic nitrogens is 1. The van der Waals surface area contributed by atoms with Crippen molar-refractivity contribution in [1.82, 2.24) is 9.88 Å². The van der Waals surface area contributed by atoms with Gasteiger partial charge in [0.1, 0.15) is 11.6 Å². The Morgan fingerprint density at radius 3 is 2.35 bits per heavy atom. The van der Waals surface area contributed by atoms with Crippen LogP contribution in [0.2, 0.25) is 0 Å². The summed E-state index contributed by atoms with van der Waals surface area (Å²) < 4.78 is 38.4. The van der Waals surface area contributed by atoms with Crippen molar-refractivity contribution >= 4 is 17.5 Å². The van der Waals surface area contributed by atoms with Crippen LogP contribution in [0.15, 0.2) is 12.1 Å². The van der Waals surface area contributed by atoms with Crippen LogP contribution in [0, 0.1) is 0 Å². The molecule has 0 saturated heterocycles. The van der Waals surface area contributed by atoms with Gasteiger partial charge in [-0.05, 0) is 12.1 Å². The van der Waals surface area contributed by atoms with Crippen molar-refractivity contribution in [3.63, 3.8) is 0 Å². The molecule has 0 aromatic carbocycles. The Hall–Kier alpha value is -1.99. The van der Waals surface area contributed by atoms with E-state index < -0.39 is 11.7 Å². The van der Waals surface area contributed by atoms with E-state index in [-0.39, 0.29) is 24.1 Å². The summed E-state index contributed by atoms with van der Waals surface area (Å²) in [6.45, 7) is -0.0511. The summed E-state index contributed by atoms with van der Waals surface area (Å²) in [5.41, 5.74) is -0.809. The van der Waals surface area contributed by atoms with Crippen molar-refractivity contribution in [2.45, 2.75) is 6.18 Å². The summed E-state index contributed by atoms with van der Waals surface area (Å²) >= 11 is 0. The molecular formula is C12H17F3N4O. The quantitative estimate of drug-likeness (QED) is 0.916. The smallest absolute Gasteiger partial charge is 0.373 e. The number of hydrogen-bond donors (Lipinski definition) is 1. The average molecular weight is 290 g/mol. The van der Waals surface area contributed by atoms with Gasteiger partial charge in [-0.2, -0.15) is 13.2 Å². The van der Waals surface area contributed by atoms with Gasteiger partial charge in [0.25, 0.3) is 0 Å². The fraction of sp³-hybridized carbons (Fsp3) is 0.500. The lowest BCUT2D eigenvalue weighted by Crippen LogP contribution is -2.34. The van der Waals surface area contributed by atoms with Gasteiger partial charge in [-0.1, -0.05) is 0 Å². The van der Waals surface area contributed by atoms with Crippen molar-refractivity contribution in [2.75, 3.05) is 45.0 Å². The molecule has 0 atom stereocenters. The fourth-order valence-electron chi connectivity index (χ4n) is 1.43. The monoisotopic (exact) mass is 290 g/mol. The topological polar surface area (TPSA) is 48.5 Å². The van der Waals surface area contributed by atoms with Gasteiger partial charge in [-0.25, -0.2) is 4.98 Å². The van der Waals surface area contributed by atoms with Crippen molar-refractivity contribution in [1.29, 1.82) is 0 Å². The first-order valence-electron chi connectivity index (χ1n) is 5.83. The molecule has 1 aromatic rings. The Labute approximate surface area is 115 Å². The second kappa shape index (κ2) is 5.98. The van der Waals surface area contributed by atoms with Gasteiger partial charge < -0.3 is 15.1 Å². The molecule has 0 bridgehead atoms. The number of amides is 1. The Kier molecular flexibility index (Phi) is 4.80. The van der Waals surface area contributed by atoms with Gasteiger partial charge in [0.05, 0.1) is 12.1 Å². The number of halogens is 3. The average Bonchev–Trinajstić information content (AvgIpc) is 2.36. The van der Waals surface area contributed by atoms with Crippen LogP contribution < -0.4 is 10.2 Å². The summed E-state index contributed by atoms with van der Waals surface area (Å²) in [4.78, 5) is 18.3. The van der Waals surface area contributed by atoms with Gasteiger partial charge in [-0.15, -0.1) is 0 Å². The molecule has 0 aliphatic rings. The molecule has 8 heteroatoms. The van der Waals surface area contributed by atoms with Gasteiger partial charge in [0.15, 0.2) is 0 Å². The first kappa shape index (κ1) is 16.1. The highest BCUT2D eigenvalue weighted by molar-refractivity contribution is 5.80. The highest BCUT2D eigenvalue weighted by Gasteiger charge is 2.32. The molecule has 0 aliphatic heterocycles. The lowest BCUT2D eigenvalue weighted by Gasteiger charge is -2.21. The predicted molar refractivity (Wildman–Crippen MR) is 70.7 cm³/mol. The van der Waals surface area contributed by atoms with Crippen LogP contribution in [0.25, 0.3) is 0 Å². The van der Waals surface area contributed by atoms with Crippen LogP contribution in [0.1, 0.15) is 5.56 Å². The molecule has 0 radical (unpaired) electrons. The predicted octanol–water partition coefficient (Wildman–Crippen LogP) is 1.67.